The molecule has 0 aliphatic carbocycles. The van der Waals surface area contributed by atoms with Gasteiger partial charge < -0.3 is 20.3 Å². The molecule has 0 heterocycles. The van der Waals surface area contributed by atoms with Crippen LogP contribution in [0.4, 0.5) is 13.2 Å². The number of hydrogen-bond donors (Lipinski definition) is 2. The summed E-state index contributed by atoms with van der Waals surface area (Å²) in [6.07, 6.45) is -4.77. The van der Waals surface area contributed by atoms with Crippen molar-refractivity contribution in [2.45, 2.75) is 12.4 Å². The second-order valence-corrected chi connectivity index (χ2v) is 5.01. The lowest BCUT2D eigenvalue weighted by atomic mass is 9.97. The van der Waals surface area contributed by atoms with Gasteiger partial charge in [0.2, 0.25) is 0 Å². The van der Waals surface area contributed by atoms with Crippen LogP contribution in [0.3, 0.4) is 0 Å². The highest BCUT2D eigenvalue weighted by Gasteiger charge is 2.31. The monoisotopic (exact) mass is 383 g/mol. The van der Waals surface area contributed by atoms with Crippen LogP contribution in [-0.2, 0) is 0 Å². The lowest BCUT2D eigenvalue weighted by molar-refractivity contribution is -0.274. The Morgan fingerprint density at radius 3 is 2.21 bits per heavy atom. The fourth-order valence-electron chi connectivity index (χ4n) is 2.08. The number of phenolic OH excluding ortho intramolecular Hbond substituents is 1. The van der Waals surface area contributed by atoms with Gasteiger partial charge in [-0.2, -0.15) is 0 Å². The van der Waals surface area contributed by atoms with Crippen molar-refractivity contribution in [2.24, 2.45) is 5.73 Å². The fourth-order valence-corrected chi connectivity index (χ4v) is 2.25. The molecule has 0 aliphatic heterocycles. The standard InChI is InChI=1S/C15H13ClF3NO3.ClH/c1-22-11-7-6-10(16)14(21)12(11)13(20)8-2-4-9(5-3-8)23-15(17,18)19;/h2-7,13,21H,20H2,1H3;1H/t13-;/m0./s1. The summed E-state index contributed by atoms with van der Waals surface area (Å²) < 4.78 is 45.4. The number of nitrogens with two attached hydrogens (primary N) is 1. The van der Waals surface area contributed by atoms with E-state index < -0.39 is 12.4 Å². The minimum atomic E-state index is -4.77. The van der Waals surface area contributed by atoms with Crippen LogP contribution in [0.15, 0.2) is 36.4 Å². The molecule has 3 N–H and O–H groups in total. The molecular weight excluding hydrogens is 370 g/mol. The Kier molecular flexibility index (Phi) is 6.59. The van der Waals surface area contributed by atoms with Crippen LogP contribution in [0.25, 0.3) is 0 Å². The highest BCUT2D eigenvalue weighted by atomic mass is 35.5. The third-order valence-corrected chi connectivity index (χ3v) is 3.44. The molecule has 0 aromatic heterocycles. The van der Waals surface area contributed by atoms with Crippen molar-refractivity contribution in [3.63, 3.8) is 0 Å². The van der Waals surface area contributed by atoms with Crippen molar-refractivity contribution in [3.8, 4) is 17.2 Å². The Hall–Kier alpha value is -1.83. The number of methoxy groups -OCH3 is 1. The number of phenols is 1. The zero-order valence-corrected chi connectivity index (χ0v) is 13.9. The maximum Gasteiger partial charge on any atom is 0.573 e. The van der Waals surface area contributed by atoms with Crippen LogP contribution in [0.2, 0.25) is 5.02 Å². The van der Waals surface area contributed by atoms with E-state index in [1.54, 1.807) is 6.07 Å². The number of halogens is 5. The molecule has 4 nitrogen and oxygen atoms in total. The van der Waals surface area contributed by atoms with Crippen LogP contribution in [0.1, 0.15) is 17.2 Å². The minimum absolute atomic E-state index is 0. The molecule has 1 atom stereocenters. The van der Waals surface area contributed by atoms with E-state index in [1.807, 2.05) is 0 Å². The number of hydrogen-bond acceptors (Lipinski definition) is 4. The van der Waals surface area contributed by atoms with Gasteiger partial charge >= 0.3 is 6.36 Å². The Bertz CT molecular complexity index is 694. The molecule has 0 spiro atoms. The van der Waals surface area contributed by atoms with Crippen molar-refractivity contribution < 1.29 is 27.8 Å². The molecule has 9 heteroatoms. The van der Waals surface area contributed by atoms with E-state index in [0.29, 0.717) is 11.3 Å². The molecule has 2 aromatic carbocycles. The van der Waals surface area contributed by atoms with E-state index in [1.165, 1.54) is 25.3 Å². The predicted molar refractivity (Wildman–Crippen MR) is 86.1 cm³/mol. The van der Waals surface area contributed by atoms with Crippen LogP contribution in [0, 0.1) is 0 Å². The Morgan fingerprint density at radius 2 is 1.71 bits per heavy atom. The van der Waals surface area contributed by atoms with E-state index in [2.05, 4.69) is 4.74 Å². The average Bonchev–Trinajstić information content (AvgIpc) is 2.48. The SMILES string of the molecule is COc1ccc(Cl)c(O)c1[C@@H](N)c1ccc(OC(F)(F)F)cc1.Cl. The van der Waals surface area contributed by atoms with Gasteiger partial charge in [0.25, 0.3) is 0 Å². The first kappa shape index (κ1) is 20.2. The van der Waals surface area contributed by atoms with Crippen molar-refractivity contribution in [3.05, 3.63) is 52.5 Å². The van der Waals surface area contributed by atoms with Crippen LogP contribution < -0.4 is 15.2 Å². The van der Waals surface area contributed by atoms with E-state index in [0.717, 1.165) is 12.1 Å². The van der Waals surface area contributed by atoms with Crippen molar-refractivity contribution >= 4 is 24.0 Å². The molecule has 0 saturated carbocycles. The maximum absolute atomic E-state index is 12.2. The van der Waals surface area contributed by atoms with Crippen LogP contribution >= 0.6 is 24.0 Å². The summed E-state index contributed by atoms with van der Waals surface area (Å²) in [5.74, 6) is -0.292. The average molecular weight is 384 g/mol. The number of rotatable bonds is 4. The number of aromatic hydroxyl groups is 1. The molecule has 2 aromatic rings. The first-order chi connectivity index (χ1) is 10.7. The second-order valence-electron chi connectivity index (χ2n) is 4.61. The van der Waals surface area contributed by atoms with Crippen LogP contribution in [-0.4, -0.2) is 18.6 Å². The van der Waals surface area contributed by atoms with Crippen molar-refractivity contribution in [1.82, 2.24) is 0 Å². The van der Waals surface area contributed by atoms with Gasteiger partial charge in [0.1, 0.15) is 17.2 Å². The highest BCUT2D eigenvalue weighted by molar-refractivity contribution is 6.32. The van der Waals surface area contributed by atoms with Crippen molar-refractivity contribution in [1.29, 1.82) is 0 Å². The molecule has 0 radical (unpaired) electrons. The summed E-state index contributed by atoms with van der Waals surface area (Å²) in [4.78, 5) is 0. The summed E-state index contributed by atoms with van der Waals surface area (Å²) >= 11 is 5.87. The van der Waals surface area contributed by atoms with Gasteiger partial charge in [-0.3, -0.25) is 0 Å². The molecule has 0 bridgehead atoms. The summed E-state index contributed by atoms with van der Waals surface area (Å²) in [6, 6.07) is 7.15. The molecule has 0 unspecified atom stereocenters. The van der Waals surface area contributed by atoms with E-state index in [-0.39, 0.29) is 34.5 Å². The lowest BCUT2D eigenvalue weighted by Gasteiger charge is -2.18. The molecule has 132 valence electrons. The zero-order chi connectivity index (χ0) is 17.2. The second kappa shape index (κ2) is 7.83. The van der Waals surface area contributed by atoms with Gasteiger partial charge in [-0.15, -0.1) is 25.6 Å². The van der Waals surface area contributed by atoms with E-state index in [9.17, 15) is 18.3 Å². The first-order valence-corrected chi connectivity index (χ1v) is 6.77. The quantitative estimate of drug-likeness (QED) is 0.819. The topological polar surface area (TPSA) is 64.7 Å². The van der Waals surface area contributed by atoms with Crippen LogP contribution in [0.5, 0.6) is 17.2 Å². The Labute approximate surface area is 147 Å². The lowest BCUT2D eigenvalue weighted by Crippen LogP contribution is -2.17. The van der Waals surface area contributed by atoms with Gasteiger partial charge in [0.05, 0.1) is 23.7 Å². The van der Waals surface area contributed by atoms with E-state index >= 15 is 0 Å². The first-order valence-electron chi connectivity index (χ1n) is 6.39. The Morgan fingerprint density at radius 1 is 1.12 bits per heavy atom. The van der Waals surface area contributed by atoms with Gasteiger partial charge in [0, 0.05) is 0 Å². The number of benzene rings is 2. The summed E-state index contributed by atoms with van der Waals surface area (Å²) in [6.45, 7) is 0. The third-order valence-electron chi connectivity index (χ3n) is 3.13. The van der Waals surface area contributed by atoms with Crippen molar-refractivity contribution in [2.75, 3.05) is 7.11 Å². The predicted octanol–water partition coefficient (Wildman–Crippen LogP) is 4.42. The van der Waals surface area contributed by atoms with Gasteiger partial charge in [0.15, 0.2) is 0 Å². The summed E-state index contributed by atoms with van der Waals surface area (Å²) in [5, 5.41) is 10.2. The smallest absolute Gasteiger partial charge is 0.506 e. The third kappa shape index (κ3) is 4.59. The molecule has 0 saturated heterocycles. The Balaban J connectivity index is 0.00000288. The highest BCUT2D eigenvalue weighted by Crippen LogP contribution is 2.40. The molecular formula is C15H14Cl2F3NO3. The normalized spacial score (nSPS) is 12.2. The maximum atomic E-state index is 12.2. The molecule has 0 fully saturated rings. The summed E-state index contributed by atoms with van der Waals surface area (Å²) in [7, 11) is 1.40. The molecule has 0 amide bonds. The number of alkyl halides is 3. The molecule has 24 heavy (non-hydrogen) atoms. The van der Waals surface area contributed by atoms with Gasteiger partial charge in [-0.25, -0.2) is 0 Å². The zero-order valence-electron chi connectivity index (χ0n) is 12.3. The molecule has 0 aliphatic rings. The largest absolute Gasteiger partial charge is 0.573 e. The van der Waals surface area contributed by atoms with Gasteiger partial charge in [-0.1, -0.05) is 23.7 Å². The number of ether oxygens (including phenoxy) is 2. The van der Waals surface area contributed by atoms with Gasteiger partial charge in [-0.05, 0) is 29.8 Å². The minimum Gasteiger partial charge on any atom is -0.506 e. The fraction of sp³-hybridized carbons (Fsp3) is 0.200. The summed E-state index contributed by atoms with van der Waals surface area (Å²) in [5.41, 5.74) is 6.77. The van der Waals surface area contributed by atoms with E-state index in [4.69, 9.17) is 22.1 Å². The molecule has 2 rings (SSSR count).